The standard InChI is InChI=1S/C5H5NOS.Cu/c7-6-4-2-1-3-5(6)8;/h1-4,7H;/q;+2. The fourth-order valence-corrected chi connectivity index (χ4v) is 0.558. The van der Waals surface area contributed by atoms with Crippen molar-refractivity contribution in [1.29, 1.82) is 0 Å². The molecule has 1 heterocycles. The summed E-state index contributed by atoms with van der Waals surface area (Å²) in [4.78, 5) is 0. The van der Waals surface area contributed by atoms with Crippen LogP contribution in [0.15, 0.2) is 24.4 Å². The summed E-state index contributed by atoms with van der Waals surface area (Å²) in [6.45, 7) is 0. The molecule has 2 nitrogen and oxygen atoms in total. The van der Waals surface area contributed by atoms with Crippen LogP contribution in [0.1, 0.15) is 0 Å². The molecule has 0 aliphatic rings. The first kappa shape index (κ1) is 8.69. The molecule has 0 atom stereocenters. The van der Waals surface area contributed by atoms with E-state index in [0.29, 0.717) is 4.64 Å². The van der Waals surface area contributed by atoms with Crippen LogP contribution in [-0.2, 0) is 17.1 Å². The van der Waals surface area contributed by atoms with Crippen molar-refractivity contribution < 1.29 is 22.3 Å². The zero-order valence-electron chi connectivity index (χ0n) is 4.41. The van der Waals surface area contributed by atoms with Crippen molar-refractivity contribution in [2.75, 3.05) is 0 Å². The van der Waals surface area contributed by atoms with Gasteiger partial charge in [0.05, 0.1) is 0 Å². The molecule has 1 aromatic rings. The second-order valence-electron chi connectivity index (χ2n) is 1.38. The van der Waals surface area contributed by atoms with E-state index in [2.05, 4.69) is 12.2 Å². The van der Waals surface area contributed by atoms with Crippen LogP contribution in [0.5, 0.6) is 0 Å². The van der Waals surface area contributed by atoms with Gasteiger partial charge in [-0.25, -0.2) is 0 Å². The topological polar surface area (TPSA) is 25.2 Å². The summed E-state index contributed by atoms with van der Waals surface area (Å²) < 4.78 is 1.32. The van der Waals surface area contributed by atoms with Crippen molar-refractivity contribution in [2.45, 2.75) is 0 Å². The second-order valence-corrected chi connectivity index (χ2v) is 1.80. The maximum absolute atomic E-state index is 8.73. The molecule has 1 rings (SSSR count). The third-order valence-corrected chi connectivity index (χ3v) is 1.13. The van der Waals surface area contributed by atoms with E-state index in [-0.39, 0.29) is 17.1 Å². The van der Waals surface area contributed by atoms with E-state index < -0.39 is 0 Å². The van der Waals surface area contributed by atoms with Gasteiger partial charge in [-0.2, -0.15) is 4.73 Å². The summed E-state index contributed by atoms with van der Waals surface area (Å²) in [6, 6.07) is 5.13. The van der Waals surface area contributed by atoms with Gasteiger partial charge in [0.25, 0.3) is 0 Å². The van der Waals surface area contributed by atoms with Crippen LogP contribution in [0.4, 0.5) is 0 Å². The number of hydrogen-bond acceptors (Lipinski definition) is 2. The molecular weight excluding hydrogens is 186 g/mol. The Kier molecular flexibility index (Phi) is 3.54. The van der Waals surface area contributed by atoms with Gasteiger partial charge in [-0.15, -0.1) is 0 Å². The van der Waals surface area contributed by atoms with Crippen molar-refractivity contribution in [3.8, 4) is 0 Å². The summed E-state index contributed by atoms with van der Waals surface area (Å²) in [6.07, 6.45) is 1.49. The Morgan fingerprint density at radius 1 is 1.44 bits per heavy atom. The molecule has 0 unspecified atom stereocenters. The van der Waals surface area contributed by atoms with Gasteiger partial charge in [-0.1, -0.05) is 18.3 Å². The molecule has 4 heteroatoms. The van der Waals surface area contributed by atoms with Gasteiger partial charge >= 0.3 is 17.1 Å². The van der Waals surface area contributed by atoms with Crippen molar-refractivity contribution in [3.05, 3.63) is 29.0 Å². The summed E-state index contributed by atoms with van der Waals surface area (Å²) in [5.41, 5.74) is 0. The Morgan fingerprint density at radius 2 is 2.11 bits per heavy atom. The molecule has 0 fully saturated rings. The SMILES string of the molecule is On1ccccc1=S.[Cu+2]. The summed E-state index contributed by atoms with van der Waals surface area (Å²) in [5.74, 6) is 0. The first-order valence-electron chi connectivity index (χ1n) is 2.17. The van der Waals surface area contributed by atoms with E-state index in [1.807, 2.05) is 0 Å². The third-order valence-electron chi connectivity index (χ3n) is 0.803. The monoisotopic (exact) mass is 190 g/mol. The predicted molar refractivity (Wildman–Crippen MR) is 32.5 cm³/mol. The van der Waals surface area contributed by atoms with Crippen LogP contribution < -0.4 is 0 Å². The molecule has 51 valence electrons. The maximum atomic E-state index is 8.73. The Balaban J connectivity index is 0.000000640. The molecular formula is C5H5CuNOS+2. The van der Waals surface area contributed by atoms with Gasteiger partial charge in [0.15, 0.2) is 0 Å². The number of nitrogens with zero attached hydrogens (tertiary/aromatic N) is 1. The quantitative estimate of drug-likeness (QED) is 0.381. The number of rotatable bonds is 0. The molecule has 0 aliphatic carbocycles. The average molecular weight is 191 g/mol. The molecule has 9 heavy (non-hydrogen) atoms. The fraction of sp³-hybridized carbons (Fsp3) is 0. The van der Waals surface area contributed by atoms with Gasteiger partial charge in [-0.05, 0) is 12.1 Å². The minimum absolute atomic E-state index is 0. The minimum Gasteiger partial charge on any atom is -0.428 e. The van der Waals surface area contributed by atoms with Crippen LogP contribution in [0.2, 0.25) is 0 Å². The van der Waals surface area contributed by atoms with E-state index in [1.165, 1.54) is 6.20 Å². The molecule has 0 saturated heterocycles. The predicted octanol–water partition coefficient (Wildman–Crippen LogP) is 1.45. The Labute approximate surface area is 68.6 Å². The van der Waals surface area contributed by atoms with E-state index in [0.717, 1.165) is 4.73 Å². The van der Waals surface area contributed by atoms with E-state index in [9.17, 15) is 0 Å². The molecule has 1 radical (unpaired) electrons. The summed E-state index contributed by atoms with van der Waals surface area (Å²) >= 11 is 4.67. The Morgan fingerprint density at radius 3 is 2.44 bits per heavy atom. The smallest absolute Gasteiger partial charge is 0.428 e. The van der Waals surface area contributed by atoms with Gasteiger partial charge in [-0.3, -0.25) is 0 Å². The second kappa shape index (κ2) is 3.67. The van der Waals surface area contributed by atoms with Crippen molar-refractivity contribution in [3.63, 3.8) is 0 Å². The molecule has 0 aliphatic heterocycles. The Hall–Kier alpha value is -0.311. The molecule has 1 N–H and O–H groups in total. The van der Waals surface area contributed by atoms with Crippen molar-refractivity contribution in [1.82, 2.24) is 4.73 Å². The molecule has 0 saturated carbocycles. The average Bonchev–Trinajstić information content (AvgIpc) is 1.77. The summed E-state index contributed by atoms with van der Waals surface area (Å²) in [7, 11) is 0. The van der Waals surface area contributed by atoms with Crippen LogP contribution >= 0.6 is 12.2 Å². The zero-order chi connectivity index (χ0) is 5.98. The molecule has 0 spiro atoms. The number of pyridine rings is 1. The van der Waals surface area contributed by atoms with E-state index in [4.69, 9.17) is 5.21 Å². The Bertz CT molecular complexity index is 234. The molecule has 0 bridgehead atoms. The third kappa shape index (κ3) is 2.18. The largest absolute Gasteiger partial charge is 2.00 e. The number of aromatic nitrogens is 1. The van der Waals surface area contributed by atoms with Gasteiger partial charge in [0.1, 0.15) is 4.64 Å². The first-order valence-corrected chi connectivity index (χ1v) is 2.58. The van der Waals surface area contributed by atoms with Crippen LogP contribution in [-0.4, -0.2) is 9.94 Å². The van der Waals surface area contributed by atoms with Gasteiger partial charge < -0.3 is 5.21 Å². The minimum atomic E-state index is 0. The fourth-order valence-electron chi connectivity index (χ4n) is 0.419. The van der Waals surface area contributed by atoms with Gasteiger partial charge in [0.2, 0.25) is 0 Å². The first-order chi connectivity index (χ1) is 3.80. The molecule has 0 aromatic carbocycles. The van der Waals surface area contributed by atoms with Crippen molar-refractivity contribution >= 4 is 12.2 Å². The molecule has 0 amide bonds. The normalized spacial score (nSPS) is 8.00. The van der Waals surface area contributed by atoms with E-state index in [1.54, 1.807) is 18.2 Å². The number of hydrogen-bond donors (Lipinski definition) is 1. The maximum Gasteiger partial charge on any atom is 2.00 e. The van der Waals surface area contributed by atoms with Crippen LogP contribution in [0.3, 0.4) is 0 Å². The van der Waals surface area contributed by atoms with Crippen molar-refractivity contribution in [2.24, 2.45) is 0 Å². The van der Waals surface area contributed by atoms with Gasteiger partial charge in [0, 0.05) is 6.20 Å². The van der Waals surface area contributed by atoms with Crippen LogP contribution in [0.25, 0.3) is 0 Å². The molecule has 1 aromatic heterocycles. The van der Waals surface area contributed by atoms with E-state index >= 15 is 0 Å². The summed E-state index contributed by atoms with van der Waals surface area (Å²) in [5, 5.41) is 8.73. The zero-order valence-corrected chi connectivity index (χ0v) is 6.17. The van der Waals surface area contributed by atoms with Crippen LogP contribution in [0, 0.1) is 4.64 Å².